The molecule has 5 nitrogen and oxygen atoms in total. The molecular formula is C19H20N2O3S. The van der Waals surface area contributed by atoms with Crippen LogP contribution in [0.4, 0.5) is 0 Å². The third-order valence-corrected chi connectivity index (χ3v) is 4.65. The Balaban J connectivity index is 1.74. The Kier molecular flexibility index (Phi) is 4.90. The third kappa shape index (κ3) is 4.48. The third-order valence-electron chi connectivity index (χ3n) is 3.77. The van der Waals surface area contributed by atoms with Gasteiger partial charge in [0.25, 0.3) is 0 Å². The highest BCUT2D eigenvalue weighted by Crippen LogP contribution is 2.27. The zero-order chi connectivity index (χ0) is 17.9. The lowest BCUT2D eigenvalue weighted by atomic mass is 10.1. The molecule has 6 heteroatoms. The molecule has 0 aliphatic rings. The van der Waals surface area contributed by atoms with Crippen LogP contribution < -0.4 is 9.47 Å². The van der Waals surface area contributed by atoms with Gasteiger partial charge < -0.3 is 9.47 Å². The van der Waals surface area contributed by atoms with Crippen LogP contribution in [0.25, 0.3) is 10.9 Å². The minimum Gasteiger partial charge on any atom is -0.497 e. The van der Waals surface area contributed by atoms with Crippen LogP contribution in [0.3, 0.4) is 0 Å². The van der Waals surface area contributed by atoms with Crippen LogP contribution in [0.2, 0.25) is 0 Å². The fourth-order valence-corrected chi connectivity index (χ4v) is 3.39. The predicted octanol–water partition coefficient (Wildman–Crippen LogP) is 4.00. The number of pyridine rings is 1. The van der Waals surface area contributed by atoms with Gasteiger partial charge in [-0.2, -0.15) is 0 Å². The first-order valence-electron chi connectivity index (χ1n) is 7.79. The zero-order valence-electron chi connectivity index (χ0n) is 14.2. The van der Waals surface area contributed by atoms with E-state index < -0.39 is 9.73 Å². The first kappa shape index (κ1) is 17.2. The second kappa shape index (κ2) is 7.11. The molecule has 130 valence electrons. The summed E-state index contributed by atoms with van der Waals surface area (Å²) in [5, 5.41) is 0.930. The van der Waals surface area contributed by atoms with Gasteiger partial charge in [-0.15, -0.1) is 0 Å². The van der Waals surface area contributed by atoms with Crippen LogP contribution in [-0.2, 0) is 22.1 Å². The van der Waals surface area contributed by atoms with Crippen molar-refractivity contribution in [3.63, 3.8) is 0 Å². The second-order valence-electron chi connectivity index (χ2n) is 5.95. The van der Waals surface area contributed by atoms with Gasteiger partial charge >= 0.3 is 0 Å². The van der Waals surface area contributed by atoms with E-state index in [0.29, 0.717) is 6.61 Å². The summed E-state index contributed by atoms with van der Waals surface area (Å²) in [4.78, 5) is 4.35. The van der Waals surface area contributed by atoms with Gasteiger partial charge in [0, 0.05) is 33.6 Å². The van der Waals surface area contributed by atoms with E-state index in [0.717, 1.165) is 33.5 Å². The summed E-state index contributed by atoms with van der Waals surface area (Å²) in [7, 11) is -0.896. The minimum absolute atomic E-state index is 0.269. The summed E-state index contributed by atoms with van der Waals surface area (Å²) in [5.41, 5.74) is 2.72. The fraction of sp³-hybridized carbons (Fsp3) is 0.211. The molecule has 0 saturated carbocycles. The minimum atomic E-state index is -2.52. The van der Waals surface area contributed by atoms with Crippen LogP contribution in [0.5, 0.6) is 11.5 Å². The van der Waals surface area contributed by atoms with E-state index in [2.05, 4.69) is 4.98 Å². The van der Waals surface area contributed by atoms with Crippen LogP contribution in [0, 0.1) is 4.78 Å². The maximum atomic E-state index is 11.5. The van der Waals surface area contributed by atoms with E-state index >= 15 is 0 Å². The van der Waals surface area contributed by atoms with Crippen molar-refractivity contribution in [2.45, 2.75) is 12.4 Å². The molecule has 0 radical (unpaired) electrons. The predicted molar refractivity (Wildman–Crippen MR) is 99.6 cm³/mol. The van der Waals surface area contributed by atoms with Gasteiger partial charge in [0.05, 0.1) is 18.4 Å². The summed E-state index contributed by atoms with van der Waals surface area (Å²) in [6.07, 6.45) is 3.17. The summed E-state index contributed by atoms with van der Waals surface area (Å²) in [6.45, 7) is 0.424. The van der Waals surface area contributed by atoms with Gasteiger partial charge in [0.1, 0.15) is 18.1 Å². The number of ether oxygens (including phenoxy) is 2. The normalized spacial score (nSPS) is 13.4. The van der Waals surface area contributed by atoms with Gasteiger partial charge in [-0.3, -0.25) is 9.76 Å². The molecule has 1 N–H and O–H groups in total. The van der Waals surface area contributed by atoms with E-state index in [1.54, 1.807) is 13.3 Å². The highest BCUT2D eigenvalue weighted by Gasteiger charge is 2.06. The van der Waals surface area contributed by atoms with Crippen molar-refractivity contribution >= 4 is 20.6 Å². The molecule has 3 aromatic rings. The molecule has 0 amide bonds. The van der Waals surface area contributed by atoms with E-state index in [9.17, 15) is 4.21 Å². The molecule has 1 aromatic heterocycles. The van der Waals surface area contributed by atoms with E-state index in [1.807, 2.05) is 48.5 Å². The summed E-state index contributed by atoms with van der Waals surface area (Å²) in [5.74, 6) is 1.79. The molecule has 0 aliphatic heterocycles. The molecule has 2 aromatic carbocycles. The van der Waals surface area contributed by atoms with Gasteiger partial charge in [-0.25, -0.2) is 4.21 Å². The number of aromatic nitrogens is 1. The number of nitrogens with one attached hydrogen (secondary N) is 1. The number of hydrogen-bond donors (Lipinski definition) is 1. The monoisotopic (exact) mass is 356 g/mol. The van der Waals surface area contributed by atoms with E-state index in [1.165, 1.54) is 6.26 Å². The van der Waals surface area contributed by atoms with Crippen molar-refractivity contribution in [2.24, 2.45) is 0 Å². The van der Waals surface area contributed by atoms with Crippen molar-refractivity contribution in [3.05, 3.63) is 65.9 Å². The maximum absolute atomic E-state index is 11.5. The zero-order valence-corrected chi connectivity index (χ0v) is 15.0. The number of fused-ring (bicyclic) bond motifs is 1. The smallest absolute Gasteiger partial charge is 0.130 e. The van der Waals surface area contributed by atoms with Crippen molar-refractivity contribution in [1.29, 1.82) is 4.78 Å². The Morgan fingerprint density at radius 3 is 2.48 bits per heavy atom. The Bertz CT molecular complexity index is 983. The number of methoxy groups -OCH3 is 1. The molecule has 1 heterocycles. The topological polar surface area (TPSA) is 72.3 Å². The lowest BCUT2D eigenvalue weighted by Gasteiger charge is -2.10. The highest BCUT2D eigenvalue weighted by atomic mass is 32.2. The maximum Gasteiger partial charge on any atom is 0.130 e. The van der Waals surface area contributed by atoms with Crippen LogP contribution >= 0.6 is 0 Å². The number of nitrogens with zero attached hydrogens (tertiary/aromatic N) is 1. The highest BCUT2D eigenvalue weighted by molar-refractivity contribution is 7.90. The van der Waals surface area contributed by atoms with Gasteiger partial charge in [-0.1, -0.05) is 24.3 Å². The first-order chi connectivity index (χ1) is 11.9. The Labute approximate surface area is 147 Å². The Morgan fingerprint density at radius 1 is 1.08 bits per heavy atom. The van der Waals surface area contributed by atoms with Crippen molar-refractivity contribution in [2.75, 3.05) is 13.4 Å². The second-order valence-corrected chi connectivity index (χ2v) is 8.25. The van der Waals surface area contributed by atoms with E-state index in [4.69, 9.17) is 14.3 Å². The first-order valence-corrected chi connectivity index (χ1v) is 9.93. The van der Waals surface area contributed by atoms with Crippen molar-refractivity contribution < 1.29 is 13.7 Å². The summed E-state index contributed by atoms with van der Waals surface area (Å²) in [6, 6.07) is 15.2. The van der Waals surface area contributed by atoms with Crippen molar-refractivity contribution in [1.82, 2.24) is 4.98 Å². The summed E-state index contributed by atoms with van der Waals surface area (Å²) < 4.78 is 30.2. The van der Waals surface area contributed by atoms with E-state index in [-0.39, 0.29) is 5.75 Å². The van der Waals surface area contributed by atoms with Gasteiger partial charge in [0.2, 0.25) is 0 Å². The summed E-state index contributed by atoms with van der Waals surface area (Å²) >= 11 is 0. The molecule has 0 saturated heterocycles. The van der Waals surface area contributed by atoms with Crippen LogP contribution in [0.15, 0.2) is 54.7 Å². The molecule has 1 unspecified atom stereocenters. The largest absolute Gasteiger partial charge is 0.497 e. The molecular weight excluding hydrogens is 336 g/mol. The number of benzene rings is 2. The van der Waals surface area contributed by atoms with Crippen LogP contribution in [0.1, 0.15) is 11.1 Å². The molecule has 1 atom stereocenters. The molecule has 0 bridgehead atoms. The molecule has 0 fully saturated rings. The standard InChI is InChI=1S/C19H20N2O3S/c1-23-16-7-8-17-18(11-16)21-10-9-19(17)24-12-14-3-5-15(6-4-14)13-25(2,20)22/h3-11,20H,12-13H2,1-2H3. The Hall–Kier alpha value is -2.60. The average molecular weight is 356 g/mol. The molecule has 25 heavy (non-hydrogen) atoms. The lowest BCUT2D eigenvalue weighted by molar-refractivity contribution is 0.310. The fourth-order valence-electron chi connectivity index (χ4n) is 2.57. The molecule has 0 aliphatic carbocycles. The van der Waals surface area contributed by atoms with Gasteiger partial charge in [0.15, 0.2) is 0 Å². The average Bonchev–Trinajstić information content (AvgIpc) is 2.59. The quantitative estimate of drug-likeness (QED) is 0.724. The van der Waals surface area contributed by atoms with Crippen molar-refractivity contribution in [3.8, 4) is 11.5 Å². The number of hydrogen-bond acceptors (Lipinski definition) is 5. The molecule has 0 spiro atoms. The lowest BCUT2D eigenvalue weighted by Crippen LogP contribution is -2.00. The number of rotatable bonds is 6. The molecule has 3 rings (SSSR count). The SMILES string of the molecule is COc1ccc2c(OCc3ccc(CS(C)(=N)=O)cc3)ccnc2c1. The Morgan fingerprint density at radius 2 is 1.80 bits per heavy atom. The van der Waals surface area contributed by atoms with Crippen LogP contribution in [-0.4, -0.2) is 22.6 Å². The van der Waals surface area contributed by atoms with Gasteiger partial charge in [-0.05, 0) is 29.3 Å².